The van der Waals surface area contributed by atoms with Gasteiger partial charge in [0.15, 0.2) is 0 Å². The van der Waals surface area contributed by atoms with Crippen molar-refractivity contribution in [3.05, 3.63) is 71.6 Å². The average Bonchev–Trinajstić information content (AvgIpc) is 2.88. The van der Waals surface area contributed by atoms with Crippen molar-refractivity contribution in [1.29, 1.82) is 0 Å². The van der Waals surface area contributed by atoms with Gasteiger partial charge in [0.1, 0.15) is 5.82 Å². The molecule has 36 heavy (non-hydrogen) atoms. The quantitative estimate of drug-likeness (QED) is 0.400. The Bertz CT molecular complexity index is 1290. The first-order valence-electron chi connectivity index (χ1n) is 12.7. The topological polar surface area (TPSA) is 74.8 Å². The molecule has 1 heterocycles. The SMILES string of the molecule is C[C@@H]1CCCCN1S(=O)(=O)c1ccc(S(=O)(=O)N(CCC2=CCCCC2)Cc2ccccc2F)cc1. The predicted octanol–water partition coefficient (Wildman–Crippen LogP) is 5.47. The zero-order valence-electron chi connectivity index (χ0n) is 20.8. The molecular weight excluding hydrogens is 499 g/mol. The normalized spacial score (nSPS) is 19.9. The van der Waals surface area contributed by atoms with Gasteiger partial charge in [-0.2, -0.15) is 8.61 Å². The molecule has 0 aromatic heterocycles. The number of sulfonamides is 2. The van der Waals surface area contributed by atoms with Gasteiger partial charge in [0.25, 0.3) is 0 Å². The van der Waals surface area contributed by atoms with Crippen LogP contribution in [0, 0.1) is 5.82 Å². The molecule has 0 radical (unpaired) electrons. The molecule has 0 saturated carbocycles. The molecule has 1 aliphatic heterocycles. The third-order valence-corrected chi connectivity index (χ3v) is 11.1. The van der Waals surface area contributed by atoms with E-state index in [0.29, 0.717) is 18.5 Å². The van der Waals surface area contributed by atoms with Crippen molar-refractivity contribution < 1.29 is 21.2 Å². The molecule has 0 amide bonds. The Morgan fingerprint density at radius 3 is 2.33 bits per heavy atom. The maximum atomic E-state index is 14.4. The molecule has 0 unspecified atom stereocenters. The molecular formula is C27H35FN2O4S2. The highest BCUT2D eigenvalue weighted by molar-refractivity contribution is 7.89. The second-order valence-electron chi connectivity index (χ2n) is 9.72. The number of hydrogen-bond acceptors (Lipinski definition) is 4. The van der Waals surface area contributed by atoms with Crippen LogP contribution in [-0.2, 0) is 26.6 Å². The van der Waals surface area contributed by atoms with Crippen molar-refractivity contribution in [2.45, 2.75) is 80.7 Å². The Morgan fingerprint density at radius 1 is 0.944 bits per heavy atom. The summed E-state index contributed by atoms with van der Waals surface area (Å²) in [5, 5.41) is 0. The number of piperidine rings is 1. The highest BCUT2D eigenvalue weighted by atomic mass is 32.2. The summed E-state index contributed by atoms with van der Waals surface area (Å²) in [6.07, 6.45) is 9.59. The summed E-state index contributed by atoms with van der Waals surface area (Å²) in [6, 6.07) is 11.5. The Morgan fingerprint density at radius 2 is 1.67 bits per heavy atom. The van der Waals surface area contributed by atoms with Gasteiger partial charge in [-0.05, 0) is 82.2 Å². The highest BCUT2D eigenvalue weighted by Crippen LogP contribution is 2.28. The molecule has 6 nitrogen and oxygen atoms in total. The molecule has 2 aromatic rings. The van der Waals surface area contributed by atoms with Crippen LogP contribution in [0.5, 0.6) is 0 Å². The van der Waals surface area contributed by atoms with E-state index in [1.807, 2.05) is 6.92 Å². The molecule has 1 fully saturated rings. The van der Waals surface area contributed by atoms with E-state index in [-0.39, 0.29) is 28.9 Å². The first-order valence-corrected chi connectivity index (χ1v) is 15.6. The summed E-state index contributed by atoms with van der Waals surface area (Å²) >= 11 is 0. The summed E-state index contributed by atoms with van der Waals surface area (Å²) in [5.74, 6) is -0.452. The van der Waals surface area contributed by atoms with Crippen molar-refractivity contribution in [3.63, 3.8) is 0 Å². The van der Waals surface area contributed by atoms with Crippen LogP contribution in [0.3, 0.4) is 0 Å². The Hall–Kier alpha value is -2.07. The molecule has 1 atom stereocenters. The van der Waals surface area contributed by atoms with Gasteiger partial charge in [-0.15, -0.1) is 0 Å². The van der Waals surface area contributed by atoms with Crippen LogP contribution in [-0.4, -0.2) is 44.6 Å². The largest absolute Gasteiger partial charge is 0.243 e. The zero-order valence-corrected chi connectivity index (χ0v) is 22.4. The number of benzene rings is 2. The van der Waals surface area contributed by atoms with E-state index in [4.69, 9.17) is 0 Å². The minimum absolute atomic E-state index is 0.00195. The fourth-order valence-electron chi connectivity index (χ4n) is 5.00. The predicted molar refractivity (Wildman–Crippen MR) is 139 cm³/mol. The smallest absolute Gasteiger partial charge is 0.207 e. The zero-order chi connectivity index (χ0) is 25.8. The number of allylic oxidation sites excluding steroid dienone is 1. The standard InChI is InChI=1S/C27H35FN2O4S2/c1-22-9-7-8-19-30(22)36(33,34)26-16-14-25(15-17-26)35(31,32)29(20-18-23-10-3-2-4-11-23)21-24-12-5-6-13-27(24)28/h5-6,10,12-17,22H,2-4,7-9,11,18-21H2,1H3/t22-/m1/s1. The van der Waals surface area contributed by atoms with Gasteiger partial charge >= 0.3 is 0 Å². The number of hydrogen-bond donors (Lipinski definition) is 0. The lowest BCUT2D eigenvalue weighted by Crippen LogP contribution is -2.41. The van der Waals surface area contributed by atoms with Crippen LogP contribution in [0.1, 0.15) is 63.9 Å². The summed E-state index contributed by atoms with van der Waals surface area (Å²) in [4.78, 5) is 0.0883. The lowest BCUT2D eigenvalue weighted by molar-refractivity contribution is 0.268. The molecule has 4 rings (SSSR count). The first kappa shape index (κ1) is 27.0. The van der Waals surface area contributed by atoms with E-state index in [9.17, 15) is 21.2 Å². The molecule has 1 aliphatic carbocycles. The number of rotatable bonds is 9. The summed E-state index contributed by atoms with van der Waals surface area (Å²) in [6.45, 7) is 2.51. The van der Waals surface area contributed by atoms with Gasteiger partial charge < -0.3 is 0 Å². The van der Waals surface area contributed by atoms with Crippen LogP contribution in [0.4, 0.5) is 4.39 Å². The Kier molecular flexibility index (Phi) is 8.65. The lowest BCUT2D eigenvalue weighted by atomic mass is 9.97. The van der Waals surface area contributed by atoms with Crippen molar-refractivity contribution in [2.24, 2.45) is 0 Å². The minimum Gasteiger partial charge on any atom is -0.207 e. The van der Waals surface area contributed by atoms with Crippen LogP contribution < -0.4 is 0 Å². The highest BCUT2D eigenvalue weighted by Gasteiger charge is 2.32. The Labute approximate surface area is 214 Å². The van der Waals surface area contributed by atoms with E-state index >= 15 is 0 Å². The van der Waals surface area contributed by atoms with E-state index in [2.05, 4.69) is 6.08 Å². The summed E-state index contributed by atoms with van der Waals surface area (Å²) in [5.41, 5.74) is 1.53. The first-order chi connectivity index (χ1) is 17.2. The van der Waals surface area contributed by atoms with Gasteiger partial charge in [-0.3, -0.25) is 0 Å². The molecule has 2 aliphatic rings. The molecule has 0 spiro atoms. The molecule has 196 valence electrons. The van der Waals surface area contributed by atoms with E-state index in [0.717, 1.165) is 44.9 Å². The molecule has 0 bridgehead atoms. The Balaban J connectivity index is 1.59. The van der Waals surface area contributed by atoms with Gasteiger partial charge in [0.2, 0.25) is 20.0 Å². The lowest BCUT2D eigenvalue weighted by Gasteiger charge is -2.32. The van der Waals surface area contributed by atoms with E-state index < -0.39 is 25.9 Å². The number of nitrogens with zero attached hydrogens (tertiary/aromatic N) is 2. The van der Waals surface area contributed by atoms with Crippen molar-refractivity contribution >= 4 is 20.0 Å². The van der Waals surface area contributed by atoms with Crippen LogP contribution in [0.15, 0.2) is 70.0 Å². The maximum absolute atomic E-state index is 14.4. The molecule has 1 saturated heterocycles. The van der Waals surface area contributed by atoms with Gasteiger partial charge in [-0.25, -0.2) is 21.2 Å². The van der Waals surface area contributed by atoms with Crippen LogP contribution in [0.25, 0.3) is 0 Å². The fraction of sp³-hybridized carbons (Fsp3) is 0.481. The fourth-order valence-corrected chi connectivity index (χ4v) is 8.12. The third kappa shape index (κ3) is 6.07. The summed E-state index contributed by atoms with van der Waals surface area (Å²) < 4.78 is 70.9. The summed E-state index contributed by atoms with van der Waals surface area (Å²) in [7, 11) is -7.69. The van der Waals surface area contributed by atoms with E-state index in [1.54, 1.807) is 18.2 Å². The minimum atomic E-state index is -3.98. The van der Waals surface area contributed by atoms with E-state index in [1.165, 1.54) is 44.5 Å². The second-order valence-corrected chi connectivity index (χ2v) is 13.5. The van der Waals surface area contributed by atoms with Crippen LogP contribution >= 0.6 is 0 Å². The molecule has 0 N–H and O–H groups in total. The van der Waals surface area contributed by atoms with Crippen molar-refractivity contribution in [3.8, 4) is 0 Å². The van der Waals surface area contributed by atoms with Crippen molar-refractivity contribution in [1.82, 2.24) is 8.61 Å². The second kappa shape index (κ2) is 11.5. The van der Waals surface area contributed by atoms with Gasteiger partial charge in [-0.1, -0.05) is 36.3 Å². The van der Waals surface area contributed by atoms with Crippen LogP contribution in [0.2, 0.25) is 0 Å². The maximum Gasteiger partial charge on any atom is 0.243 e. The van der Waals surface area contributed by atoms with Crippen molar-refractivity contribution in [2.75, 3.05) is 13.1 Å². The third-order valence-electron chi connectivity index (χ3n) is 7.18. The molecule has 2 aromatic carbocycles. The average molecular weight is 535 g/mol. The number of halogens is 1. The monoisotopic (exact) mass is 534 g/mol. The van der Waals surface area contributed by atoms with Gasteiger partial charge in [0, 0.05) is 31.2 Å². The molecule has 9 heteroatoms. The van der Waals surface area contributed by atoms with Gasteiger partial charge in [0.05, 0.1) is 9.79 Å².